The topological polar surface area (TPSA) is 295 Å². The van der Waals surface area contributed by atoms with Gasteiger partial charge in [0.2, 0.25) is 0 Å². The quantitative estimate of drug-likeness (QED) is 0.252. The van der Waals surface area contributed by atoms with E-state index in [9.17, 15) is 59.6 Å². The second-order valence-electron chi connectivity index (χ2n) is 6.09. The molecule has 0 radical (unpaired) electrons. The number of benzene rings is 2. The maximum atomic E-state index is 12.5. The van der Waals surface area contributed by atoms with Gasteiger partial charge in [0.25, 0.3) is 40.5 Å². The largest absolute Gasteiger partial charge is 0.313 e. The predicted molar refractivity (Wildman–Crippen MR) is 108 cm³/mol. The van der Waals surface area contributed by atoms with Crippen LogP contribution in [0, 0.1) is 0 Å². The summed E-state index contributed by atoms with van der Waals surface area (Å²) in [7, 11) is -33.4. The standard InChI is InChI=1S/C12H10O17S6/c13-30(14,15)7-1-3-9(11(5-7)32(19,20)21)34(25,26)29-35(27,28)10-4-2-8(31(16,17)18)6-12(10)33(22,23)24/h1-6H,(H,13,14,15)(H,16,17,18)(H,19,20,21)(H,22,23,24). The molecule has 0 atom stereocenters. The highest BCUT2D eigenvalue weighted by molar-refractivity contribution is 8.00. The minimum atomic E-state index is -5.89. The Hall–Kier alpha value is -2.06. The third-order valence-corrected chi connectivity index (χ3v) is 10.7. The molecule has 2 aromatic carbocycles. The summed E-state index contributed by atoms with van der Waals surface area (Å²) in [5.41, 5.74) is 0. The van der Waals surface area contributed by atoms with Crippen molar-refractivity contribution in [1.29, 1.82) is 0 Å². The summed E-state index contributed by atoms with van der Waals surface area (Å²) in [6, 6.07) is 0.606. The zero-order valence-electron chi connectivity index (χ0n) is 16.0. The Morgan fingerprint density at radius 2 is 0.714 bits per heavy atom. The van der Waals surface area contributed by atoms with E-state index in [2.05, 4.69) is 3.63 Å². The van der Waals surface area contributed by atoms with Gasteiger partial charge in [0, 0.05) is 0 Å². The van der Waals surface area contributed by atoms with Crippen LogP contribution in [-0.2, 0) is 64.3 Å². The van der Waals surface area contributed by atoms with E-state index in [1.807, 2.05) is 0 Å². The Labute approximate surface area is 198 Å². The SMILES string of the molecule is O=S(=O)(O)c1ccc(S(=O)(=O)OS(=O)(=O)c2ccc(S(=O)(=O)O)cc2S(=O)(=O)O)c(S(=O)(=O)O)c1. The summed E-state index contributed by atoms with van der Waals surface area (Å²) in [4.78, 5) is -9.44. The molecule has 2 rings (SSSR count). The van der Waals surface area contributed by atoms with Crippen molar-refractivity contribution in [3.8, 4) is 0 Å². The normalized spacial score (nSPS) is 14.1. The van der Waals surface area contributed by atoms with Gasteiger partial charge in [0.05, 0.1) is 9.79 Å². The molecule has 0 aliphatic heterocycles. The third-order valence-electron chi connectivity index (χ3n) is 3.70. The number of hydrogen-bond acceptors (Lipinski definition) is 13. The molecule has 23 heteroatoms. The van der Waals surface area contributed by atoms with E-state index in [1.54, 1.807) is 0 Å². The Bertz CT molecular complexity index is 1730. The second-order valence-corrected chi connectivity index (χ2v) is 15.0. The van der Waals surface area contributed by atoms with Crippen molar-refractivity contribution in [3.63, 3.8) is 0 Å². The molecule has 0 saturated heterocycles. The summed E-state index contributed by atoms with van der Waals surface area (Å²) in [6.07, 6.45) is 0. The molecule has 0 aromatic heterocycles. The van der Waals surface area contributed by atoms with Crippen molar-refractivity contribution in [1.82, 2.24) is 0 Å². The lowest BCUT2D eigenvalue weighted by Gasteiger charge is -2.12. The molecule has 17 nitrogen and oxygen atoms in total. The molecular weight excluding hydrogens is 609 g/mol. The lowest BCUT2D eigenvalue weighted by molar-refractivity contribution is 0.448. The van der Waals surface area contributed by atoms with E-state index in [-0.39, 0.29) is 36.4 Å². The van der Waals surface area contributed by atoms with E-state index in [4.69, 9.17) is 9.11 Å². The zero-order chi connectivity index (χ0) is 27.4. The van der Waals surface area contributed by atoms with Crippen LogP contribution in [0.5, 0.6) is 0 Å². The Balaban J connectivity index is 2.79. The van der Waals surface area contributed by atoms with Gasteiger partial charge in [0.15, 0.2) is 0 Å². The molecule has 0 heterocycles. The molecule has 0 amide bonds. The lowest BCUT2D eigenvalue weighted by atomic mass is 10.4. The molecule has 4 N–H and O–H groups in total. The highest BCUT2D eigenvalue weighted by Gasteiger charge is 2.36. The Kier molecular flexibility index (Phi) is 7.34. The van der Waals surface area contributed by atoms with Crippen LogP contribution in [-0.4, -0.2) is 68.7 Å². The third kappa shape index (κ3) is 6.58. The van der Waals surface area contributed by atoms with Gasteiger partial charge in [-0.3, -0.25) is 18.2 Å². The minimum absolute atomic E-state index is 0.0714. The van der Waals surface area contributed by atoms with Gasteiger partial charge in [0.1, 0.15) is 19.6 Å². The van der Waals surface area contributed by atoms with E-state index in [0.29, 0.717) is 0 Å². The molecule has 2 aromatic rings. The number of hydrogen-bond donors (Lipinski definition) is 4. The van der Waals surface area contributed by atoms with E-state index in [0.717, 1.165) is 0 Å². The van der Waals surface area contributed by atoms with E-state index >= 15 is 0 Å². The summed E-state index contributed by atoms with van der Waals surface area (Å²) in [6.45, 7) is 0. The van der Waals surface area contributed by atoms with Crippen molar-refractivity contribution < 1.29 is 72.3 Å². The Morgan fingerprint density at radius 1 is 0.429 bits per heavy atom. The highest BCUT2D eigenvalue weighted by atomic mass is 32.3. The van der Waals surface area contributed by atoms with Gasteiger partial charge in [-0.15, -0.1) is 3.63 Å². The number of rotatable bonds is 8. The van der Waals surface area contributed by atoms with E-state index in [1.165, 1.54) is 0 Å². The van der Waals surface area contributed by atoms with Crippen LogP contribution < -0.4 is 0 Å². The van der Waals surface area contributed by atoms with Crippen molar-refractivity contribution in [3.05, 3.63) is 36.4 Å². The zero-order valence-corrected chi connectivity index (χ0v) is 20.9. The molecule has 0 bridgehead atoms. The molecule has 0 fully saturated rings. The van der Waals surface area contributed by atoms with Crippen LogP contribution in [0.15, 0.2) is 65.8 Å². The fraction of sp³-hybridized carbons (Fsp3) is 0. The van der Waals surface area contributed by atoms with Crippen LogP contribution in [0.3, 0.4) is 0 Å². The first-order chi connectivity index (χ1) is 15.4. The van der Waals surface area contributed by atoms with Crippen molar-refractivity contribution in [2.45, 2.75) is 29.4 Å². The van der Waals surface area contributed by atoms with Crippen molar-refractivity contribution >= 4 is 60.7 Å². The summed E-state index contributed by atoms with van der Waals surface area (Å²) in [5.74, 6) is 0. The molecule has 0 aliphatic rings. The average molecular weight is 619 g/mol. The molecule has 35 heavy (non-hydrogen) atoms. The molecule has 0 aliphatic carbocycles. The fourth-order valence-electron chi connectivity index (χ4n) is 2.31. The van der Waals surface area contributed by atoms with Gasteiger partial charge in [-0.1, -0.05) is 0 Å². The fourth-order valence-corrected chi connectivity index (χ4v) is 8.52. The van der Waals surface area contributed by atoms with Gasteiger partial charge in [-0.2, -0.15) is 50.5 Å². The smallest absolute Gasteiger partial charge is 0.282 e. The maximum absolute atomic E-state index is 12.5. The van der Waals surface area contributed by atoms with Crippen LogP contribution in [0.4, 0.5) is 0 Å². The molecule has 0 saturated carbocycles. The summed E-state index contributed by atoms with van der Waals surface area (Å²) >= 11 is 0. The van der Waals surface area contributed by atoms with Gasteiger partial charge < -0.3 is 0 Å². The van der Waals surface area contributed by atoms with E-state index < -0.39 is 90.1 Å². The van der Waals surface area contributed by atoms with Crippen molar-refractivity contribution in [2.75, 3.05) is 0 Å². The first-order valence-electron chi connectivity index (χ1n) is 7.76. The monoisotopic (exact) mass is 618 g/mol. The van der Waals surface area contributed by atoms with Gasteiger partial charge in [-0.05, 0) is 36.4 Å². The maximum Gasteiger partial charge on any atom is 0.313 e. The molecule has 196 valence electrons. The first-order valence-corrected chi connectivity index (χ1v) is 16.3. The predicted octanol–water partition coefficient (Wildman–Crippen LogP) is -1.23. The van der Waals surface area contributed by atoms with Crippen LogP contribution in [0.25, 0.3) is 0 Å². The first kappa shape index (κ1) is 29.2. The molecule has 0 spiro atoms. The minimum Gasteiger partial charge on any atom is -0.282 e. The Morgan fingerprint density at radius 3 is 0.943 bits per heavy atom. The summed E-state index contributed by atoms with van der Waals surface area (Å²) < 4.78 is 181. The lowest BCUT2D eigenvalue weighted by Crippen LogP contribution is -2.19. The average Bonchev–Trinajstić information content (AvgIpc) is 2.63. The summed E-state index contributed by atoms with van der Waals surface area (Å²) in [5, 5.41) is 0. The van der Waals surface area contributed by atoms with Crippen LogP contribution in [0.1, 0.15) is 0 Å². The van der Waals surface area contributed by atoms with Crippen molar-refractivity contribution in [2.24, 2.45) is 0 Å². The van der Waals surface area contributed by atoms with Crippen LogP contribution >= 0.6 is 0 Å². The second kappa shape index (κ2) is 8.80. The van der Waals surface area contributed by atoms with Crippen LogP contribution in [0.2, 0.25) is 0 Å². The van der Waals surface area contributed by atoms with Gasteiger partial charge >= 0.3 is 20.2 Å². The highest BCUT2D eigenvalue weighted by Crippen LogP contribution is 2.31. The molecular formula is C12H10O17S6. The van der Waals surface area contributed by atoms with Gasteiger partial charge in [-0.25, -0.2) is 0 Å². The molecule has 0 unspecified atom stereocenters.